The number of allylic oxidation sites excluding steroid dienone is 7. The van der Waals surface area contributed by atoms with E-state index in [9.17, 15) is 45.6 Å². The molecule has 0 saturated carbocycles. The summed E-state index contributed by atoms with van der Waals surface area (Å²) in [5, 5.41) is 86.6. The van der Waals surface area contributed by atoms with Gasteiger partial charge in [0.15, 0.2) is 12.6 Å². The highest BCUT2D eigenvalue weighted by Crippen LogP contribution is 2.30. The second-order valence-electron chi connectivity index (χ2n) is 17.9. The molecule has 2 fully saturated rings. The van der Waals surface area contributed by atoms with Gasteiger partial charge in [0.05, 0.1) is 32.0 Å². The first kappa shape index (κ1) is 59.1. The zero-order valence-electron chi connectivity index (χ0n) is 40.0. The first-order valence-corrected chi connectivity index (χ1v) is 25.4. The number of rotatable bonds is 38. The molecule has 2 saturated heterocycles. The standard InChI is InChI=1S/C51H91NO13/c1-3-5-7-9-11-13-15-17-18-19-20-21-22-23-24-26-28-30-32-34-40(55)39(52-43(56)35-33-31-29-27-25-16-14-12-10-8-6-4-2)38-62-50-48(61)46(59)49(42(37-54)64-50)65-51-47(60)45(58)44(57)41(36-53)63-51/h12,14,20-21,24,26,32,34,39-42,44-51,53-55,57-61H,3-11,13,15-19,22-23,25,27-31,33,35-38H2,1-2H3,(H,52,56)/b14-12-,21-20+,26-24+,34-32+. The Balaban J connectivity index is 1.88. The molecule has 2 heterocycles. The summed E-state index contributed by atoms with van der Waals surface area (Å²) in [6.07, 6.45) is 27.3. The van der Waals surface area contributed by atoms with Crippen LogP contribution >= 0.6 is 0 Å². The van der Waals surface area contributed by atoms with Crippen molar-refractivity contribution < 1.29 is 64.6 Å². The number of carbonyl (C=O) groups excluding carboxylic acids is 1. The van der Waals surface area contributed by atoms with E-state index in [4.69, 9.17) is 18.9 Å². The maximum atomic E-state index is 13.1. The van der Waals surface area contributed by atoms with Crippen molar-refractivity contribution >= 4 is 5.91 Å². The van der Waals surface area contributed by atoms with Gasteiger partial charge in [0.25, 0.3) is 0 Å². The third kappa shape index (κ3) is 25.2. The summed E-state index contributed by atoms with van der Waals surface area (Å²) in [7, 11) is 0. The van der Waals surface area contributed by atoms with E-state index in [-0.39, 0.29) is 18.9 Å². The van der Waals surface area contributed by atoms with Gasteiger partial charge in [0, 0.05) is 6.42 Å². The van der Waals surface area contributed by atoms with E-state index < -0.39 is 86.8 Å². The van der Waals surface area contributed by atoms with E-state index in [1.807, 2.05) is 6.08 Å². The predicted molar refractivity (Wildman–Crippen MR) is 254 cm³/mol. The number of amides is 1. The van der Waals surface area contributed by atoms with Crippen molar-refractivity contribution in [2.45, 2.75) is 248 Å². The Kier molecular flexibility index (Phi) is 34.4. The zero-order chi connectivity index (χ0) is 47.5. The first-order valence-electron chi connectivity index (χ1n) is 25.4. The van der Waals surface area contributed by atoms with Crippen LogP contribution in [0.2, 0.25) is 0 Å². The van der Waals surface area contributed by atoms with Crippen LogP contribution in [0.4, 0.5) is 0 Å². The average Bonchev–Trinajstić information content (AvgIpc) is 3.30. The monoisotopic (exact) mass is 926 g/mol. The number of hydrogen-bond donors (Lipinski definition) is 9. The Morgan fingerprint density at radius 1 is 0.538 bits per heavy atom. The quantitative estimate of drug-likeness (QED) is 0.0239. The van der Waals surface area contributed by atoms with Crippen molar-refractivity contribution in [2.75, 3.05) is 19.8 Å². The van der Waals surface area contributed by atoms with Crippen LogP contribution in [0.5, 0.6) is 0 Å². The molecule has 378 valence electrons. The smallest absolute Gasteiger partial charge is 0.220 e. The highest BCUT2D eigenvalue weighted by Gasteiger charge is 2.51. The van der Waals surface area contributed by atoms with E-state index in [0.717, 1.165) is 64.2 Å². The summed E-state index contributed by atoms with van der Waals surface area (Å²) in [6.45, 7) is 2.71. The van der Waals surface area contributed by atoms with Gasteiger partial charge in [-0.05, 0) is 70.6 Å². The fraction of sp³-hybridized carbons (Fsp3) is 0.824. The number of carbonyl (C=O) groups is 1. The first-order chi connectivity index (χ1) is 31.6. The van der Waals surface area contributed by atoms with Crippen molar-refractivity contribution in [3.63, 3.8) is 0 Å². The molecule has 14 heteroatoms. The molecular formula is C51H91NO13. The summed E-state index contributed by atoms with van der Waals surface area (Å²) < 4.78 is 22.6. The van der Waals surface area contributed by atoms with Gasteiger partial charge in [-0.15, -0.1) is 0 Å². The molecule has 12 atom stereocenters. The van der Waals surface area contributed by atoms with Gasteiger partial charge < -0.3 is 65.1 Å². The third-order valence-electron chi connectivity index (χ3n) is 12.2. The Labute approximate surface area is 391 Å². The number of unbranched alkanes of at least 4 members (excludes halogenated alkanes) is 19. The Morgan fingerprint density at radius 3 is 1.54 bits per heavy atom. The molecule has 1 amide bonds. The normalized spacial score (nSPS) is 27.4. The van der Waals surface area contributed by atoms with E-state index in [1.54, 1.807) is 6.08 Å². The molecule has 2 rings (SSSR count). The Bertz CT molecular complexity index is 1280. The number of hydrogen-bond acceptors (Lipinski definition) is 13. The van der Waals surface area contributed by atoms with Crippen LogP contribution in [0.15, 0.2) is 48.6 Å². The number of nitrogens with one attached hydrogen (secondary N) is 1. The molecule has 0 aromatic heterocycles. The van der Waals surface area contributed by atoms with Gasteiger partial charge >= 0.3 is 0 Å². The van der Waals surface area contributed by atoms with Crippen molar-refractivity contribution in [3.05, 3.63) is 48.6 Å². The molecule has 65 heavy (non-hydrogen) atoms. The Morgan fingerprint density at radius 2 is 0.985 bits per heavy atom. The lowest BCUT2D eigenvalue weighted by molar-refractivity contribution is -0.359. The molecule has 0 radical (unpaired) electrons. The zero-order valence-corrected chi connectivity index (χ0v) is 40.0. The average molecular weight is 926 g/mol. The van der Waals surface area contributed by atoms with Gasteiger partial charge in [-0.25, -0.2) is 0 Å². The van der Waals surface area contributed by atoms with Gasteiger partial charge in [-0.3, -0.25) is 4.79 Å². The molecule has 0 spiro atoms. The predicted octanol–water partition coefficient (Wildman–Crippen LogP) is 6.49. The molecule has 0 aromatic rings. The molecule has 0 bridgehead atoms. The lowest BCUT2D eigenvalue weighted by Crippen LogP contribution is -2.65. The van der Waals surface area contributed by atoms with Gasteiger partial charge in [0.1, 0.15) is 48.8 Å². The van der Waals surface area contributed by atoms with Crippen molar-refractivity contribution in [3.8, 4) is 0 Å². The summed E-state index contributed by atoms with van der Waals surface area (Å²) in [5.41, 5.74) is 0. The maximum Gasteiger partial charge on any atom is 0.220 e. The van der Waals surface area contributed by atoms with Crippen LogP contribution in [0, 0.1) is 0 Å². The van der Waals surface area contributed by atoms with Crippen LogP contribution in [0.25, 0.3) is 0 Å². The van der Waals surface area contributed by atoms with E-state index in [2.05, 4.69) is 55.6 Å². The largest absolute Gasteiger partial charge is 0.394 e. The molecule has 2 aliphatic heterocycles. The number of ether oxygens (including phenoxy) is 4. The van der Waals surface area contributed by atoms with E-state index in [1.165, 1.54) is 77.0 Å². The van der Waals surface area contributed by atoms with Crippen LogP contribution in [-0.2, 0) is 23.7 Å². The molecule has 0 aliphatic carbocycles. The van der Waals surface area contributed by atoms with E-state index >= 15 is 0 Å². The minimum absolute atomic E-state index is 0.258. The summed E-state index contributed by atoms with van der Waals surface area (Å²) in [6, 6.07) is -0.940. The summed E-state index contributed by atoms with van der Waals surface area (Å²) >= 11 is 0. The third-order valence-corrected chi connectivity index (χ3v) is 12.2. The van der Waals surface area contributed by atoms with Crippen molar-refractivity contribution in [2.24, 2.45) is 0 Å². The highest BCUT2D eigenvalue weighted by molar-refractivity contribution is 5.76. The molecule has 0 aromatic carbocycles. The number of aliphatic hydroxyl groups is 8. The van der Waals surface area contributed by atoms with Crippen molar-refractivity contribution in [1.82, 2.24) is 5.32 Å². The lowest BCUT2D eigenvalue weighted by atomic mass is 9.97. The molecule has 2 aliphatic rings. The van der Waals surface area contributed by atoms with Gasteiger partial charge in [0.2, 0.25) is 5.91 Å². The molecular weight excluding hydrogens is 835 g/mol. The van der Waals surface area contributed by atoms with Gasteiger partial charge in [-0.1, -0.05) is 146 Å². The van der Waals surface area contributed by atoms with Crippen LogP contribution in [-0.4, -0.2) is 140 Å². The fourth-order valence-corrected chi connectivity index (χ4v) is 8.02. The van der Waals surface area contributed by atoms with Crippen LogP contribution < -0.4 is 5.32 Å². The number of aliphatic hydroxyl groups excluding tert-OH is 8. The van der Waals surface area contributed by atoms with Crippen LogP contribution in [0.3, 0.4) is 0 Å². The second-order valence-corrected chi connectivity index (χ2v) is 17.9. The minimum atomic E-state index is -1.79. The SMILES string of the molecule is CCCCC/C=C\CCCCCCCC(=O)NC(COC1OC(CO)C(OC2OC(CO)C(O)C(O)C2O)C(O)C1O)C(O)/C=C/CC/C=C/CC/C=C/CCCCCCCCCCC. The van der Waals surface area contributed by atoms with Crippen LogP contribution in [0.1, 0.15) is 174 Å². The second kappa shape index (κ2) is 37.9. The fourth-order valence-electron chi connectivity index (χ4n) is 8.02. The van der Waals surface area contributed by atoms with Crippen molar-refractivity contribution in [1.29, 1.82) is 0 Å². The lowest BCUT2D eigenvalue weighted by Gasteiger charge is -2.46. The van der Waals surface area contributed by atoms with Gasteiger partial charge in [-0.2, -0.15) is 0 Å². The molecule has 12 unspecified atom stereocenters. The summed E-state index contributed by atoms with van der Waals surface area (Å²) in [5.74, 6) is -0.266. The highest BCUT2D eigenvalue weighted by atomic mass is 16.7. The molecule has 9 N–H and O–H groups in total. The van der Waals surface area contributed by atoms with E-state index in [0.29, 0.717) is 12.8 Å². The topological polar surface area (TPSA) is 228 Å². The Hall–Kier alpha value is -2.05. The summed E-state index contributed by atoms with van der Waals surface area (Å²) in [4.78, 5) is 13.1. The maximum absolute atomic E-state index is 13.1. The molecule has 14 nitrogen and oxygen atoms in total. The minimum Gasteiger partial charge on any atom is -0.394 e.